The Morgan fingerprint density at radius 2 is 2.14 bits per heavy atom. The molecule has 1 aliphatic heterocycles. The van der Waals surface area contributed by atoms with Gasteiger partial charge in [-0.15, -0.1) is 11.3 Å². The van der Waals surface area contributed by atoms with Crippen molar-refractivity contribution in [3.05, 3.63) is 16.1 Å². The van der Waals surface area contributed by atoms with Crippen molar-refractivity contribution in [2.45, 2.75) is 38.5 Å². The van der Waals surface area contributed by atoms with Crippen LogP contribution in [-0.4, -0.2) is 46.3 Å². The maximum Gasteiger partial charge on any atom is 0.414 e. The number of alkyl halides is 3. The summed E-state index contributed by atoms with van der Waals surface area (Å²) < 4.78 is 37.4. The molecular formula is C13H17F3N2O2S. The number of aromatic nitrogens is 1. The summed E-state index contributed by atoms with van der Waals surface area (Å²) >= 11 is 1.31. The summed E-state index contributed by atoms with van der Waals surface area (Å²) in [6.07, 6.45) is -4.31. The molecule has 1 N–H and O–H groups in total. The molecule has 118 valence electrons. The van der Waals surface area contributed by atoms with Crippen LogP contribution in [-0.2, 0) is 6.42 Å². The Balaban J connectivity index is 1.93. The first-order valence-electron chi connectivity index (χ1n) is 6.81. The number of hydrogen-bond donors (Lipinski definition) is 1. The third kappa shape index (κ3) is 3.74. The second kappa shape index (κ2) is 6.31. The molecule has 21 heavy (non-hydrogen) atoms. The average molecular weight is 322 g/mol. The van der Waals surface area contributed by atoms with Crippen molar-refractivity contribution < 1.29 is 23.1 Å². The van der Waals surface area contributed by atoms with Crippen LogP contribution >= 0.6 is 11.3 Å². The molecule has 0 radical (unpaired) electrons. The number of piperidine rings is 1. The third-order valence-corrected chi connectivity index (χ3v) is 4.81. The van der Waals surface area contributed by atoms with Gasteiger partial charge in [-0.2, -0.15) is 13.2 Å². The molecule has 1 saturated heterocycles. The zero-order valence-corrected chi connectivity index (χ0v) is 12.4. The minimum atomic E-state index is -4.59. The Morgan fingerprint density at radius 3 is 2.62 bits per heavy atom. The van der Waals surface area contributed by atoms with Gasteiger partial charge < -0.3 is 10.0 Å². The van der Waals surface area contributed by atoms with Gasteiger partial charge in [0.25, 0.3) is 5.91 Å². The highest BCUT2D eigenvalue weighted by Crippen LogP contribution is 2.32. The van der Waals surface area contributed by atoms with Crippen molar-refractivity contribution in [3.8, 4) is 0 Å². The minimum Gasteiger partial charge on any atom is -0.383 e. The number of aliphatic hydroxyl groups excluding tert-OH is 1. The van der Waals surface area contributed by atoms with Gasteiger partial charge in [0.05, 0.1) is 11.2 Å². The monoisotopic (exact) mass is 322 g/mol. The number of rotatable bonds is 3. The molecule has 4 nitrogen and oxygen atoms in total. The molecule has 0 bridgehead atoms. The van der Waals surface area contributed by atoms with Crippen LogP contribution in [0.3, 0.4) is 0 Å². The number of nitrogens with zero attached hydrogens (tertiary/aromatic N) is 2. The molecule has 1 aliphatic rings. The molecular weight excluding hydrogens is 305 g/mol. The van der Waals surface area contributed by atoms with Crippen molar-refractivity contribution in [1.29, 1.82) is 0 Å². The Bertz CT molecular complexity index is 496. The highest BCUT2D eigenvalue weighted by Gasteiger charge is 2.44. The summed E-state index contributed by atoms with van der Waals surface area (Å²) in [4.78, 5) is 18.4. The molecule has 0 aliphatic carbocycles. The predicted octanol–water partition coefficient (Wildman–Crippen LogP) is 2.48. The van der Waals surface area contributed by atoms with Crippen LogP contribution in [0.15, 0.2) is 6.20 Å². The number of likely N-dealkylation sites (tertiary alicyclic amines) is 1. The molecule has 2 heterocycles. The van der Waals surface area contributed by atoms with E-state index >= 15 is 0 Å². The third-order valence-electron chi connectivity index (χ3n) is 3.68. The van der Waals surface area contributed by atoms with E-state index in [1.54, 1.807) is 0 Å². The van der Waals surface area contributed by atoms with Crippen LogP contribution in [0.1, 0.15) is 34.4 Å². The first-order valence-corrected chi connectivity index (χ1v) is 7.63. The van der Waals surface area contributed by atoms with Gasteiger partial charge >= 0.3 is 6.18 Å². The molecule has 2 rings (SSSR count). The van der Waals surface area contributed by atoms with E-state index in [2.05, 4.69) is 4.98 Å². The molecule has 1 aromatic heterocycles. The second-order valence-electron chi connectivity index (χ2n) is 5.09. The molecule has 1 fully saturated rings. The lowest BCUT2D eigenvalue weighted by atomic mass is 9.91. The molecule has 0 spiro atoms. The summed E-state index contributed by atoms with van der Waals surface area (Å²) in [5.74, 6) is -1.02. The fourth-order valence-electron chi connectivity index (χ4n) is 2.41. The number of amides is 1. The fourth-order valence-corrected chi connectivity index (χ4v) is 3.24. The van der Waals surface area contributed by atoms with E-state index in [9.17, 15) is 23.1 Å². The van der Waals surface area contributed by atoms with Crippen molar-refractivity contribution in [2.24, 2.45) is 5.92 Å². The Morgan fingerprint density at radius 1 is 1.52 bits per heavy atom. The zero-order valence-electron chi connectivity index (χ0n) is 11.6. The largest absolute Gasteiger partial charge is 0.414 e. The van der Waals surface area contributed by atoms with Gasteiger partial charge in [-0.1, -0.05) is 6.92 Å². The highest BCUT2D eigenvalue weighted by molar-refractivity contribution is 7.13. The summed E-state index contributed by atoms with van der Waals surface area (Å²) in [6, 6.07) is 0. The van der Waals surface area contributed by atoms with E-state index in [0.29, 0.717) is 4.88 Å². The number of aliphatic hydroxyl groups is 1. The lowest BCUT2D eigenvalue weighted by molar-refractivity contribution is -0.222. The SMILES string of the molecule is CCc1ncc(C(=O)N2CCC(C(O)C(F)(F)F)CC2)s1. The number of hydrogen-bond acceptors (Lipinski definition) is 4. The van der Waals surface area contributed by atoms with Crippen LogP contribution in [0.2, 0.25) is 0 Å². The number of carbonyl (C=O) groups excluding carboxylic acids is 1. The van der Waals surface area contributed by atoms with E-state index in [4.69, 9.17) is 0 Å². The van der Waals surface area contributed by atoms with Gasteiger partial charge in [-0.25, -0.2) is 4.98 Å². The van der Waals surface area contributed by atoms with Gasteiger partial charge in [0.2, 0.25) is 0 Å². The van der Waals surface area contributed by atoms with E-state index < -0.39 is 18.2 Å². The second-order valence-corrected chi connectivity index (χ2v) is 6.20. The number of carbonyl (C=O) groups is 1. The van der Waals surface area contributed by atoms with Crippen molar-refractivity contribution >= 4 is 17.2 Å². The molecule has 1 atom stereocenters. The number of thiazole rings is 1. The fraction of sp³-hybridized carbons (Fsp3) is 0.692. The van der Waals surface area contributed by atoms with Crippen LogP contribution in [0.25, 0.3) is 0 Å². The van der Waals surface area contributed by atoms with E-state index in [1.165, 1.54) is 22.4 Å². The standard InChI is InChI=1S/C13H17F3N2O2S/c1-2-10-17-7-9(21-10)12(20)18-5-3-8(4-6-18)11(19)13(14,15)16/h7-8,11,19H,2-6H2,1H3. The number of halogens is 3. The first kappa shape index (κ1) is 16.2. The maximum absolute atomic E-state index is 12.5. The first-order chi connectivity index (χ1) is 9.82. The van der Waals surface area contributed by atoms with E-state index in [-0.39, 0.29) is 31.8 Å². The highest BCUT2D eigenvalue weighted by atomic mass is 32.1. The van der Waals surface area contributed by atoms with Crippen molar-refractivity contribution in [3.63, 3.8) is 0 Å². The Hall–Kier alpha value is -1.15. The van der Waals surface area contributed by atoms with Gasteiger partial charge in [0.15, 0.2) is 6.10 Å². The molecule has 1 aromatic rings. The summed E-state index contributed by atoms with van der Waals surface area (Å²) in [7, 11) is 0. The zero-order chi connectivity index (χ0) is 15.6. The maximum atomic E-state index is 12.5. The molecule has 1 amide bonds. The predicted molar refractivity (Wildman–Crippen MR) is 72.2 cm³/mol. The molecule has 8 heteroatoms. The summed E-state index contributed by atoms with van der Waals surface area (Å²) in [5, 5.41) is 10.1. The van der Waals surface area contributed by atoms with Gasteiger partial charge in [-0.3, -0.25) is 4.79 Å². The average Bonchev–Trinajstić information content (AvgIpc) is 2.94. The Kier molecular flexibility index (Phi) is 4.88. The lowest BCUT2D eigenvalue weighted by Gasteiger charge is -2.34. The van der Waals surface area contributed by atoms with Crippen LogP contribution in [0.5, 0.6) is 0 Å². The smallest absolute Gasteiger partial charge is 0.383 e. The van der Waals surface area contributed by atoms with Crippen molar-refractivity contribution in [2.75, 3.05) is 13.1 Å². The van der Waals surface area contributed by atoms with Crippen LogP contribution in [0, 0.1) is 5.92 Å². The van der Waals surface area contributed by atoms with Crippen molar-refractivity contribution in [1.82, 2.24) is 9.88 Å². The molecule has 0 aromatic carbocycles. The normalized spacial score (nSPS) is 18.8. The number of aryl methyl sites for hydroxylation is 1. The van der Waals surface area contributed by atoms with Gasteiger partial charge in [-0.05, 0) is 25.2 Å². The van der Waals surface area contributed by atoms with E-state index in [0.717, 1.165) is 11.4 Å². The Labute approximate surface area is 124 Å². The summed E-state index contributed by atoms with van der Waals surface area (Å²) in [6.45, 7) is 2.41. The lowest BCUT2D eigenvalue weighted by Crippen LogP contribution is -2.45. The quantitative estimate of drug-likeness (QED) is 0.930. The van der Waals surface area contributed by atoms with Gasteiger partial charge in [0.1, 0.15) is 4.88 Å². The topological polar surface area (TPSA) is 53.4 Å². The summed E-state index contributed by atoms with van der Waals surface area (Å²) in [5.41, 5.74) is 0. The van der Waals surface area contributed by atoms with Crippen LogP contribution in [0.4, 0.5) is 13.2 Å². The van der Waals surface area contributed by atoms with E-state index in [1.807, 2.05) is 6.92 Å². The molecule has 1 unspecified atom stereocenters. The van der Waals surface area contributed by atoms with Gasteiger partial charge in [0, 0.05) is 13.1 Å². The minimum absolute atomic E-state index is 0.159. The van der Waals surface area contributed by atoms with Crippen LogP contribution < -0.4 is 0 Å². The molecule has 0 saturated carbocycles.